The number of anilines is 1. The van der Waals surface area contributed by atoms with Crippen LogP contribution in [0.5, 0.6) is 0 Å². The van der Waals surface area contributed by atoms with Crippen LogP contribution in [-0.4, -0.2) is 27.7 Å². The molecule has 0 saturated carbocycles. The Morgan fingerprint density at radius 2 is 2.15 bits per heavy atom. The van der Waals surface area contributed by atoms with Gasteiger partial charge in [-0.25, -0.2) is 4.68 Å². The van der Waals surface area contributed by atoms with Crippen LogP contribution < -0.4 is 10.7 Å². The number of halogens is 2. The number of rotatable bonds is 3. The number of benzene rings is 1. The fourth-order valence-corrected chi connectivity index (χ4v) is 2.29. The van der Waals surface area contributed by atoms with Gasteiger partial charge < -0.3 is 0 Å². The zero-order valence-electron chi connectivity index (χ0n) is 10.7. The maximum Gasteiger partial charge on any atom is 0.133 e. The highest BCUT2D eigenvalue weighted by molar-refractivity contribution is 6.43. The van der Waals surface area contributed by atoms with Crippen LogP contribution in [0.25, 0.3) is 5.69 Å². The minimum absolute atomic E-state index is 0.474. The molecule has 20 heavy (non-hydrogen) atoms. The SMILES string of the molecule is CCN1C=NNN1c1cnn(-c2cccc(Cl)c2Cl)c1. The standard InChI is InChI=1S/C12H12Cl2N6/c1-2-18-8-15-17-20(18)9-6-16-19(7-9)11-5-3-4-10(13)12(11)14/h3-8,17H,2H2,1H3. The van der Waals surface area contributed by atoms with Crippen molar-refractivity contribution in [3.8, 4) is 5.69 Å². The predicted molar refractivity (Wildman–Crippen MR) is 80.1 cm³/mol. The molecule has 1 N–H and O–H groups in total. The summed E-state index contributed by atoms with van der Waals surface area (Å²) in [5, 5.41) is 13.0. The third kappa shape index (κ3) is 2.17. The zero-order chi connectivity index (χ0) is 14.1. The van der Waals surface area contributed by atoms with E-state index in [1.165, 1.54) is 0 Å². The van der Waals surface area contributed by atoms with Crippen molar-refractivity contribution >= 4 is 35.2 Å². The van der Waals surface area contributed by atoms with Gasteiger partial charge in [0, 0.05) is 6.54 Å². The second-order valence-electron chi connectivity index (χ2n) is 4.13. The van der Waals surface area contributed by atoms with Crippen molar-refractivity contribution < 1.29 is 0 Å². The molecule has 1 aliphatic rings. The van der Waals surface area contributed by atoms with Gasteiger partial charge in [0.25, 0.3) is 0 Å². The van der Waals surface area contributed by atoms with Crippen LogP contribution in [0, 0.1) is 0 Å². The van der Waals surface area contributed by atoms with Crippen LogP contribution >= 0.6 is 23.2 Å². The summed E-state index contributed by atoms with van der Waals surface area (Å²) in [6.07, 6.45) is 5.28. The molecule has 2 heterocycles. The first-order valence-corrected chi connectivity index (χ1v) is 6.81. The molecule has 0 spiro atoms. The molecule has 0 fully saturated rings. The molecule has 8 heteroatoms. The number of nitrogens with zero attached hydrogens (tertiary/aromatic N) is 5. The normalized spacial score (nSPS) is 13.9. The lowest BCUT2D eigenvalue weighted by atomic mass is 10.3. The summed E-state index contributed by atoms with van der Waals surface area (Å²) in [6, 6.07) is 5.43. The molecular formula is C12H12Cl2N6. The van der Waals surface area contributed by atoms with Gasteiger partial charge >= 0.3 is 0 Å². The molecule has 0 unspecified atom stereocenters. The molecular weight excluding hydrogens is 299 g/mol. The number of hydrazone groups is 1. The number of hydrogen-bond donors (Lipinski definition) is 1. The maximum absolute atomic E-state index is 6.20. The van der Waals surface area contributed by atoms with Crippen LogP contribution in [0.2, 0.25) is 10.0 Å². The molecule has 6 nitrogen and oxygen atoms in total. The van der Waals surface area contributed by atoms with E-state index in [4.69, 9.17) is 23.2 Å². The Bertz CT molecular complexity index is 653. The van der Waals surface area contributed by atoms with Crippen LogP contribution in [0.4, 0.5) is 5.69 Å². The number of hydrazine groups is 2. The van der Waals surface area contributed by atoms with Gasteiger partial charge in [0.05, 0.1) is 28.1 Å². The van der Waals surface area contributed by atoms with Crippen molar-refractivity contribution in [1.29, 1.82) is 0 Å². The quantitative estimate of drug-likeness (QED) is 0.947. The van der Waals surface area contributed by atoms with Gasteiger partial charge in [0.1, 0.15) is 12.0 Å². The lowest BCUT2D eigenvalue weighted by molar-refractivity contribution is 0.401. The molecule has 3 rings (SSSR count). The van der Waals surface area contributed by atoms with Crippen LogP contribution in [0.1, 0.15) is 6.92 Å². The highest BCUT2D eigenvalue weighted by Crippen LogP contribution is 2.29. The summed E-state index contributed by atoms with van der Waals surface area (Å²) in [7, 11) is 0. The first-order chi connectivity index (χ1) is 9.70. The minimum atomic E-state index is 0.474. The fourth-order valence-electron chi connectivity index (χ4n) is 1.91. The number of nitrogens with one attached hydrogen (secondary N) is 1. The van der Waals surface area contributed by atoms with Gasteiger partial charge in [0.15, 0.2) is 0 Å². The second-order valence-corrected chi connectivity index (χ2v) is 4.91. The van der Waals surface area contributed by atoms with E-state index in [-0.39, 0.29) is 0 Å². The summed E-state index contributed by atoms with van der Waals surface area (Å²) < 4.78 is 1.68. The lowest BCUT2D eigenvalue weighted by Gasteiger charge is -2.25. The van der Waals surface area contributed by atoms with Crippen LogP contribution in [-0.2, 0) is 0 Å². The average Bonchev–Trinajstić information content (AvgIpc) is 3.09. The monoisotopic (exact) mass is 310 g/mol. The van der Waals surface area contributed by atoms with Crippen molar-refractivity contribution in [3.63, 3.8) is 0 Å². The smallest absolute Gasteiger partial charge is 0.133 e. The van der Waals surface area contributed by atoms with E-state index in [1.54, 1.807) is 28.4 Å². The molecule has 0 atom stereocenters. The third-order valence-corrected chi connectivity index (χ3v) is 3.72. The first-order valence-electron chi connectivity index (χ1n) is 6.05. The highest BCUT2D eigenvalue weighted by Gasteiger charge is 2.18. The van der Waals surface area contributed by atoms with E-state index in [2.05, 4.69) is 15.7 Å². The number of hydrogen-bond acceptors (Lipinski definition) is 5. The second kappa shape index (κ2) is 5.22. The molecule has 1 aromatic heterocycles. The van der Waals surface area contributed by atoms with E-state index in [0.717, 1.165) is 17.9 Å². The van der Waals surface area contributed by atoms with Crippen LogP contribution in [0.3, 0.4) is 0 Å². The summed E-state index contributed by atoms with van der Waals surface area (Å²) in [6.45, 7) is 2.82. The maximum atomic E-state index is 6.20. The Balaban J connectivity index is 1.93. The molecule has 0 aliphatic carbocycles. The van der Waals surface area contributed by atoms with Gasteiger partial charge in [-0.05, 0) is 19.1 Å². The van der Waals surface area contributed by atoms with Crippen molar-refractivity contribution in [3.05, 3.63) is 40.6 Å². The van der Waals surface area contributed by atoms with Crippen LogP contribution in [0.15, 0.2) is 35.7 Å². The first kappa shape index (κ1) is 13.1. The van der Waals surface area contributed by atoms with Crippen molar-refractivity contribution in [2.75, 3.05) is 11.7 Å². The Labute approximate surface area is 126 Å². The van der Waals surface area contributed by atoms with Gasteiger partial charge in [-0.1, -0.05) is 29.3 Å². The topological polar surface area (TPSA) is 48.7 Å². The summed E-state index contributed by atoms with van der Waals surface area (Å²) >= 11 is 12.2. The van der Waals surface area contributed by atoms with Crippen molar-refractivity contribution in [1.82, 2.24) is 20.3 Å². The van der Waals surface area contributed by atoms with Gasteiger partial charge in [-0.3, -0.25) is 5.01 Å². The van der Waals surface area contributed by atoms with E-state index >= 15 is 0 Å². The Hall–Kier alpha value is -1.92. The summed E-state index contributed by atoms with van der Waals surface area (Å²) in [5.74, 6) is 0. The molecule has 0 bridgehead atoms. The van der Waals surface area contributed by atoms with E-state index in [1.807, 2.05) is 30.3 Å². The third-order valence-electron chi connectivity index (χ3n) is 2.92. The predicted octanol–water partition coefficient (Wildman–Crippen LogP) is 2.68. The van der Waals surface area contributed by atoms with Crippen molar-refractivity contribution in [2.24, 2.45) is 5.10 Å². The minimum Gasteiger partial charge on any atom is -0.253 e. The van der Waals surface area contributed by atoms with Gasteiger partial charge in [0.2, 0.25) is 0 Å². The Morgan fingerprint density at radius 1 is 1.30 bits per heavy atom. The molecule has 1 aromatic carbocycles. The summed E-state index contributed by atoms with van der Waals surface area (Å²) in [5.41, 5.74) is 4.46. The van der Waals surface area contributed by atoms with E-state index in [0.29, 0.717) is 10.0 Å². The molecule has 1 aliphatic heterocycles. The van der Waals surface area contributed by atoms with E-state index in [9.17, 15) is 0 Å². The zero-order valence-corrected chi connectivity index (χ0v) is 12.2. The average molecular weight is 311 g/mol. The highest BCUT2D eigenvalue weighted by atomic mass is 35.5. The molecule has 0 saturated heterocycles. The van der Waals surface area contributed by atoms with Gasteiger partial charge in [-0.2, -0.15) is 15.8 Å². The molecule has 2 aromatic rings. The molecule has 104 valence electrons. The van der Waals surface area contributed by atoms with Crippen molar-refractivity contribution in [2.45, 2.75) is 6.92 Å². The lowest BCUT2D eigenvalue weighted by Crippen LogP contribution is -2.42. The summed E-state index contributed by atoms with van der Waals surface area (Å²) in [4.78, 5) is 0. The van der Waals surface area contributed by atoms with E-state index < -0.39 is 0 Å². The largest absolute Gasteiger partial charge is 0.253 e. The Morgan fingerprint density at radius 3 is 2.95 bits per heavy atom. The van der Waals surface area contributed by atoms with Gasteiger partial charge in [-0.15, -0.1) is 5.10 Å². The molecule has 0 amide bonds. The number of aromatic nitrogens is 2. The Kier molecular flexibility index (Phi) is 3.42. The molecule has 0 radical (unpaired) electrons. The fraction of sp³-hybridized carbons (Fsp3) is 0.167.